The third kappa shape index (κ3) is 2.90. The highest BCUT2D eigenvalue weighted by atomic mass is 35.5. The van der Waals surface area contributed by atoms with Crippen LogP contribution in [0.5, 0.6) is 5.75 Å². The van der Waals surface area contributed by atoms with E-state index in [1.165, 1.54) is 4.90 Å². The molecule has 1 atom stereocenters. The highest BCUT2D eigenvalue weighted by Crippen LogP contribution is 2.30. The second kappa shape index (κ2) is 5.38. The van der Waals surface area contributed by atoms with Crippen LogP contribution in [0.4, 0.5) is 0 Å². The quantitative estimate of drug-likeness (QED) is 0.896. The van der Waals surface area contributed by atoms with Gasteiger partial charge in [0.1, 0.15) is 11.8 Å². The fourth-order valence-corrected chi connectivity index (χ4v) is 1.67. The van der Waals surface area contributed by atoms with Gasteiger partial charge in [-0.05, 0) is 24.6 Å². The standard InChI is InChI=1S/C12H17ClN2O2/c1-7-5-10(17-4)8(6-9(7)13)11(14)12(16)15(2)3/h5-6,11H,14H2,1-4H3. The van der Waals surface area contributed by atoms with Crippen LogP contribution >= 0.6 is 11.6 Å². The van der Waals surface area contributed by atoms with E-state index in [0.29, 0.717) is 16.3 Å². The van der Waals surface area contributed by atoms with Crippen LogP contribution < -0.4 is 10.5 Å². The molecule has 0 saturated carbocycles. The molecule has 1 unspecified atom stereocenters. The van der Waals surface area contributed by atoms with Gasteiger partial charge >= 0.3 is 0 Å². The molecule has 5 heteroatoms. The molecule has 0 saturated heterocycles. The summed E-state index contributed by atoms with van der Waals surface area (Å²) in [4.78, 5) is 13.3. The fourth-order valence-electron chi connectivity index (χ4n) is 1.50. The van der Waals surface area contributed by atoms with Crippen LogP contribution in [0.15, 0.2) is 12.1 Å². The largest absolute Gasteiger partial charge is 0.496 e. The number of carbonyl (C=O) groups excluding carboxylic acids is 1. The zero-order chi connectivity index (χ0) is 13.2. The molecule has 2 N–H and O–H groups in total. The number of carbonyl (C=O) groups is 1. The highest BCUT2D eigenvalue weighted by Gasteiger charge is 2.22. The number of hydrogen-bond acceptors (Lipinski definition) is 3. The minimum atomic E-state index is -0.766. The summed E-state index contributed by atoms with van der Waals surface area (Å²) >= 11 is 6.04. The predicted octanol–water partition coefficient (Wildman–Crippen LogP) is 1.75. The van der Waals surface area contributed by atoms with Gasteiger partial charge in [0, 0.05) is 24.7 Å². The van der Waals surface area contributed by atoms with Crippen molar-refractivity contribution in [1.82, 2.24) is 4.90 Å². The van der Waals surface area contributed by atoms with E-state index in [1.54, 1.807) is 33.3 Å². The number of nitrogens with two attached hydrogens (primary N) is 1. The molecule has 1 aromatic carbocycles. The molecule has 0 fully saturated rings. The monoisotopic (exact) mass is 256 g/mol. The number of nitrogens with zero attached hydrogens (tertiary/aromatic N) is 1. The lowest BCUT2D eigenvalue weighted by Crippen LogP contribution is -2.33. The molecule has 0 aliphatic rings. The van der Waals surface area contributed by atoms with E-state index in [0.717, 1.165) is 5.56 Å². The number of rotatable bonds is 3. The summed E-state index contributed by atoms with van der Waals surface area (Å²) in [6.07, 6.45) is 0. The summed E-state index contributed by atoms with van der Waals surface area (Å²) in [5.74, 6) is 0.387. The van der Waals surface area contributed by atoms with Gasteiger partial charge in [-0.3, -0.25) is 4.79 Å². The van der Waals surface area contributed by atoms with Crippen molar-refractivity contribution in [2.75, 3.05) is 21.2 Å². The van der Waals surface area contributed by atoms with Crippen molar-refractivity contribution < 1.29 is 9.53 Å². The fraction of sp³-hybridized carbons (Fsp3) is 0.417. The smallest absolute Gasteiger partial charge is 0.243 e. The second-order valence-electron chi connectivity index (χ2n) is 4.05. The number of hydrogen-bond donors (Lipinski definition) is 1. The summed E-state index contributed by atoms with van der Waals surface area (Å²) in [5, 5.41) is 0.572. The van der Waals surface area contributed by atoms with Gasteiger partial charge in [0.05, 0.1) is 7.11 Å². The lowest BCUT2D eigenvalue weighted by molar-refractivity contribution is -0.130. The third-order valence-electron chi connectivity index (χ3n) is 2.55. The number of methoxy groups -OCH3 is 1. The Morgan fingerprint density at radius 2 is 2.06 bits per heavy atom. The summed E-state index contributed by atoms with van der Waals surface area (Å²) in [6.45, 7) is 1.87. The van der Waals surface area contributed by atoms with Crippen molar-refractivity contribution in [3.63, 3.8) is 0 Å². The number of amides is 1. The first kappa shape index (κ1) is 13.8. The number of ether oxygens (including phenoxy) is 1. The molecular weight excluding hydrogens is 240 g/mol. The molecule has 0 spiro atoms. The van der Waals surface area contributed by atoms with Crippen LogP contribution in [-0.2, 0) is 4.79 Å². The molecule has 0 heterocycles. The van der Waals surface area contributed by atoms with Gasteiger partial charge in [-0.25, -0.2) is 0 Å². The summed E-state index contributed by atoms with van der Waals surface area (Å²) in [6, 6.07) is 2.69. The van der Waals surface area contributed by atoms with Crippen molar-refractivity contribution >= 4 is 17.5 Å². The van der Waals surface area contributed by atoms with E-state index in [-0.39, 0.29) is 5.91 Å². The Morgan fingerprint density at radius 1 is 1.47 bits per heavy atom. The summed E-state index contributed by atoms with van der Waals surface area (Å²) < 4.78 is 5.22. The molecule has 0 aliphatic carbocycles. The van der Waals surface area contributed by atoms with Crippen LogP contribution in [0.25, 0.3) is 0 Å². The second-order valence-corrected chi connectivity index (χ2v) is 4.46. The lowest BCUT2D eigenvalue weighted by Gasteiger charge is -2.19. The van der Waals surface area contributed by atoms with Crippen molar-refractivity contribution in [2.45, 2.75) is 13.0 Å². The zero-order valence-corrected chi connectivity index (χ0v) is 11.2. The Morgan fingerprint density at radius 3 is 2.53 bits per heavy atom. The molecule has 1 amide bonds. The van der Waals surface area contributed by atoms with E-state index >= 15 is 0 Å². The number of aryl methyl sites for hydroxylation is 1. The maximum atomic E-state index is 11.8. The van der Waals surface area contributed by atoms with Crippen LogP contribution in [0, 0.1) is 6.92 Å². The number of likely N-dealkylation sites (N-methyl/N-ethyl adjacent to an activating group) is 1. The van der Waals surface area contributed by atoms with Gasteiger partial charge < -0.3 is 15.4 Å². The van der Waals surface area contributed by atoms with Crippen LogP contribution in [-0.4, -0.2) is 32.0 Å². The molecule has 17 heavy (non-hydrogen) atoms. The van der Waals surface area contributed by atoms with Crippen LogP contribution in [0.3, 0.4) is 0 Å². The third-order valence-corrected chi connectivity index (χ3v) is 2.96. The average Bonchev–Trinajstić information content (AvgIpc) is 2.29. The molecule has 4 nitrogen and oxygen atoms in total. The first-order chi connectivity index (χ1) is 7.88. The minimum absolute atomic E-state index is 0.191. The Labute approximate surface area is 106 Å². The van der Waals surface area contributed by atoms with E-state index in [9.17, 15) is 4.79 Å². The molecule has 94 valence electrons. The summed E-state index contributed by atoms with van der Waals surface area (Å²) in [5.41, 5.74) is 7.39. The average molecular weight is 257 g/mol. The zero-order valence-electron chi connectivity index (χ0n) is 10.5. The first-order valence-electron chi connectivity index (χ1n) is 5.19. The van der Waals surface area contributed by atoms with Gasteiger partial charge in [-0.2, -0.15) is 0 Å². The van der Waals surface area contributed by atoms with E-state index < -0.39 is 6.04 Å². The predicted molar refractivity (Wildman–Crippen MR) is 68.4 cm³/mol. The summed E-state index contributed by atoms with van der Waals surface area (Å²) in [7, 11) is 4.86. The molecule has 0 aromatic heterocycles. The van der Waals surface area contributed by atoms with Gasteiger partial charge in [0.25, 0.3) is 0 Å². The Balaban J connectivity index is 3.21. The van der Waals surface area contributed by atoms with E-state index in [4.69, 9.17) is 22.1 Å². The topological polar surface area (TPSA) is 55.6 Å². The van der Waals surface area contributed by atoms with Gasteiger partial charge in [-0.15, -0.1) is 0 Å². The Bertz CT molecular complexity index is 433. The number of benzene rings is 1. The van der Waals surface area contributed by atoms with Gasteiger partial charge in [-0.1, -0.05) is 11.6 Å². The Hall–Kier alpha value is -1.26. The van der Waals surface area contributed by atoms with E-state index in [1.807, 2.05) is 6.92 Å². The molecule has 1 rings (SSSR count). The molecule has 0 aliphatic heterocycles. The first-order valence-corrected chi connectivity index (χ1v) is 5.57. The minimum Gasteiger partial charge on any atom is -0.496 e. The maximum absolute atomic E-state index is 11.8. The molecule has 0 radical (unpaired) electrons. The highest BCUT2D eigenvalue weighted by molar-refractivity contribution is 6.31. The molecule has 0 bridgehead atoms. The lowest BCUT2D eigenvalue weighted by atomic mass is 10.0. The normalized spacial score (nSPS) is 12.1. The van der Waals surface area contributed by atoms with Crippen molar-refractivity contribution in [1.29, 1.82) is 0 Å². The Kier molecular flexibility index (Phi) is 4.37. The van der Waals surface area contributed by atoms with Crippen molar-refractivity contribution in [3.8, 4) is 5.75 Å². The number of halogens is 1. The van der Waals surface area contributed by atoms with Crippen molar-refractivity contribution in [3.05, 3.63) is 28.3 Å². The van der Waals surface area contributed by atoms with Crippen molar-refractivity contribution in [2.24, 2.45) is 5.73 Å². The maximum Gasteiger partial charge on any atom is 0.243 e. The van der Waals surface area contributed by atoms with Crippen LogP contribution in [0.1, 0.15) is 17.2 Å². The van der Waals surface area contributed by atoms with Gasteiger partial charge in [0.2, 0.25) is 5.91 Å². The van der Waals surface area contributed by atoms with E-state index in [2.05, 4.69) is 0 Å². The molecule has 1 aromatic rings. The van der Waals surface area contributed by atoms with Gasteiger partial charge in [0.15, 0.2) is 0 Å². The molecular formula is C12H17ClN2O2. The SMILES string of the molecule is COc1cc(C)c(Cl)cc1C(N)C(=O)N(C)C. The van der Waals surface area contributed by atoms with Crippen LogP contribution in [0.2, 0.25) is 5.02 Å².